The number of aliphatic imine (C=N–C) groups is 1. The number of halogens is 1. The van der Waals surface area contributed by atoms with Gasteiger partial charge in [-0.15, -0.1) is 0 Å². The minimum atomic E-state index is 0.128. The van der Waals surface area contributed by atoms with Crippen LogP contribution in [0, 0.1) is 11.3 Å². The minimum Gasteiger partial charge on any atom is -0.366 e. The summed E-state index contributed by atoms with van der Waals surface area (Å²) in [6.45, 7) is 10.0. The molecule has 2 aromatic carbocycles. The molecule has 3 nitrogen and oxygen atoms in total. The van der Waals surface area contributed by atoms with Gasteiger partial charge in [0, 0.05) is 29.5 Å². The smallest absolute Gasteiger partial charge is 0.0991 e. The molecule has 0 radical (unpaired) electrons. The first kappa shape index (κ1) is 18.5. The Bertz CT molecular complexity index is 875. The largest absolute Gasteiger partial charge is 0.366 e. The molecule has 4 heteroatoms. The molecule has 3 rings (SSSR count). The molecule has 0 spiro atoms. The van der Waals surface area contributed by atoms with Gasteiger partial charge >= 0.3 is 0 Å². The molecule has 0 saturated carbocycles. The van der Waals surface area contributed by atoms with Crippen molar-refractivity contribution in [1.82, 2.24) is 0 Å². The fourth-order valence-electron chi connectivity index (χ4n) is 3.98. The van der Waals surface area contributed by atoms with Crippen LogP contribution in [0.15, 0.2) is 41.4 Å². The molecule has 134 valence electrons. The van der Waals surface area contributed by atoms with Crippen molar-refractivity contribution >= 4 is 29.2 Å². The molecule has 0 fully saturated rings. The van der Waals surface area contributed by atoms with Crippen molar-refractivity contribution in [2.75, 3.05) is 11.4 Å². The van der Waals surface area contributed by atoms with Crippen LogP contribution in [-0.4, -0.2) is 18.3 Å². The zero-order valence-electron chi connectivity index (χ0n) is 15.8. The minimum absolute atomic E-state index is 0.128. The number of hydrogen-bond donors (Lipinski definition) is 0. The van der Waals surface area contributed by atoms with Crippen LogP contribution in [0.5, 0.6) is 0 Å². The number of rotatable bonds is 3. The highest BCUT2D eigenvalue weighted by Crippen LogP contribution is 2.44. The number of benzene rings is 2. The third-order valence-electron chi connectivity index (χ3n) is 5.17. The zero-order valence-corrected chi connectivity index (χ0v) is 16.5. The van der Waals surface area contributed by atoms with Gasteiger partial charge in [0.15, 0.2) is 0 Å². The van der Waals surface area contributed by atoms with Gasteiger partial charge in [-0.2, -0.15) is 5.26 Å². The first-order valence-corrected chi connectivity index (χ1v) is 9.39. The summed E-state index contributed by atoms with van der Waals surface area (Å²) in [5.74, 6) is 0.474. The summed E-state index contributed by atoms with van der Waals surface area (Å²) in [5, 5.41) is 9.59. The van der Waals surface area contributed by atoms with E-state index in [0.29, 0.717) is 16.5 Å². The lowest BCUT2D eigenvalue weighted by atomic mass is 9.79. The molecule has 2 aromatic rings. The van der Waals surface area contributed by atoms with Gasteiger partial charge in [-0.05, 0) is 75.1 Å². The molecule has 0 amide bonds. The second-order valence-corrected chi connectivity index (χ2v) is 7.92. The topological polar surface area (TPSA) is 39.4 Å². The Kier molecular flexibility index (Phi) is 5.07. The van der Waals surface area contributed by atoms with E-state index in [1.807, 2.05) is 18.3 Å². The quantitative estimate of drug-likeness (QED) is 0.619. The lowest BCUT2D eigenvalue weighted by Gasteiger charge is -2.47. The van der Waals surface area contributed by atoms with Crippen molar-refractivity contribution < 1.29 is 0 Å². The van der Waals surface area contributed by atoms with Crippen molar-refractivity contribution in [3.8, 4) is 6.07 Å². The Hall–Kier alpha value is -2.31. The zero-order chi connectivity index (χ0) is 18.9. The molecule has 1 aliphatic rings. The second-order valence-electron chi connectivity index (χ2n) is 7.51. The third kappa shape index (κ3) is 3.48. The van der Waals surface area contributed by atoms with Crippen LogP contribution < -0.4 is 4.90 Å². The van der Waals surface area contributed by atoms with Gasteiger partial charge in [-0.3, -0.25) is 4.99 Å². The molecular formula is C22H24ClN3. The van der Waals surface area contributed by atoms with Crippen LogP contribution in [0.1, 0.15) is 56.7 Å². The maximum absolute atomic E-state index is 8.88. The Morgan fingerprint density at radius 1 is 1.31 bits per heavy atom. The Balaban J connectivity index is 1.97. The number of fused-ring (bicyclic) bond motifs is 1. The standard InChI is InChI=1S/C22H24ClN3/c1-5-26-21-11-20(23)17(10-19(21)15(2)12-22(26,3)4)14-25-18-8-6-16(13-24)7-9-18/h6-11,14-15H,5,12H2,1-4H3. The van der Waals surface area contributed by atoms with Gasteiger partial charge in [0.05, 0.1) is 22.3 Å². The van der Waals surface area contributed by atoms with E-state index in [0.717, 1.165) is 24.2 Å². The molecular weight excluding hydrogens is 342 g/mol. The van der Waals surface area contributed by atoms with Gasteiger partial charge in [-0.25, -0.2) is 0 Å². The Morgan fingerprint density at radius 2 is 2.00 bits per heavy atom. The number of nitriles is 1. The highest BCUT2D eigenvalue weighted by Gasteiger charge is 2.35. The summed E-state index contributed by atoms with van der Waals surface area (Å²) < 4.78 is 0. The molecule has 1 unspecified atom stereocenters. The predicted octanol–water partition coefficient (Wildman–Crippen LogP) is 6.07. The van der Waals surface area contributed by atoms with Gasteiger partial charge in [0.2, 0.25) is 0 Å². The Morgan fingerprint density at radius 3 is 2.62 bits per heavy atom. The first-order valence-electron chi connectivity index (χ1n) is 9.01. The molecule has 1 atom stereocenters. The van der Waals surface area contributed by atoms with E-state index in [9.17, 15) is 0 Å². The molecule has 1 aliphatic heterocycles. The van der Waals surface area contributed by atoms with Gasteiger partial charge in [-0.1, -0.05) is 18.5 Å². The van der Waals surface area contributed by atoms with Gasteiger partial charge in [0.25, 0.3) is 0 Å². The van der Waals surface area contributed by atoms with E-state index >= 15 is 0 Å². The average Bonchev–Trinajstić information content (AvgIpc) is 2.60. The highest BCUT2D eigenvalue weighted by atomic mass is 35.5. The second kappa shape index (κ2) is 7.13. The van der Waals surface area contributed by atoms with Crippen molar-refractivity contribution in [1.29, 1.82) is 5.26 Å². The van der Waals surface area contributed by atoms with Crippen LogP contribution >= 0.6 is 11.6 Å². The van der Waals surface area contributed by atoms with Crippen molar-refractivity contribution in [2.45, 2.75) is 45.6 Å². The van der Waals surface area contributed by atoms with E-state index < -0.39 is 0 Å². The van der Waals surface area contributed by atoms with E-state index in [1.54, 1.807) is 12.1 Å². The molecule has 0 bridgehead atoms. The van der Waals surface area contributed by atoms with E-state index in [-0.39, 0.29) is 5.54 Å². The van der Waals surface area contributed by atoms with E-state index in [4.69, 9.17) is 16.9 Å². The van der Waals surface area contributed by atoms with Crippen molar-refractivity contribution in [3.63, 3.8) is 0 Å². The number of nitrogens with zero attached hydrogens (tertiary/aromatic N) is 3. The maximum atomic E-state index is 8.88. The molecule has 0 aromatic heterocycles. The van der Waals surface area contributed by atoms with Crippen LogP contribution in [0.3, 0.4) is 0 Å². The van der Waals surface area contributed by atoms with Crippen LogP contribution in [0.2, 0.25) is 5.02 Å². The van der Waals surface area contributed by atoms with Gasteiger partial charge < -0.3 is 4.90 Å². The van der Waals surface area contributed by atoms with Crippen LogP contribution in [-0.2, 0) is 0 Å². The van der Waals surface area contributed by atoms with Crippen molar-refractivity contribution in [2.24, 2.45) is 4.99 Å². The summed E-state index contributed by atoms with van der Waals surface area (Å²) in [4.78, 5) is 6.96. The SMILES string of the molecule is CCN1c2cc(Cl)c(C=Nc3ccc(C#N)cc3)cc2C(C)CC1(C)C. The van der Waals surface area contributed by atoms with Crippen molar-refractivity contribution in [3.05, 3.63) is 58.1 Å². The highest BCUT2D eigenvalue weighted by molar-refractivity contribution is 6.33. The summed E-state index contributed by atoms with van der Waals surface area (Å²) >= 11 is 6.58. The molecule has 0 aliphatic carbocycles. The summed E-state index contributed by atoms with van der Waals surface area (Å²) in [6, 6.07) is 13.6. The summed E-state index contributed by atoms with van der Waals surface area (Å²) in [7, 11) is 0. The van der Waals surface area contributed by atoms with Crippen LogP contribution in [0.25, 0.3) is 0 Å². The Labute approximate surface area is 160 Å². The first-order chi connectivity index (χ1) is 12.4. The van der Waals surface area contributed by atoms with Gasteiger partial charge in [0.1, 0.15) is 0 Å². The van der Waals surface area contributed by atoms with E-state index in [2.05, 4.69) is 55.8 Å². The molecule has 0 N–H and O–H groups in total. The lowest BCUT2D eigenvalue weighted by molar-refractivity contribution is 0.381. The summed E-state index contributed by atoms with van der Waals surface area (Å²) in [5.41, 5.74) is 5.06. The molecule has 1 heterocycles. The fraction of sp³-hybridized carbons (Fsp3) is 0.364. The summed E-state index contributed by atoms with van der Waals surface area (Å²) in [6.07, 6.45) is 2.93. The number of hydrogen-bond acceptors (Lipinski definition) is 3. The number of anilines is 1. The molecule has 26 heavy (non-hydrogen) atoms. The maximum Gasteiger partial charge on any atom is 0.0991 e. The molecule has 0 saturated heterocycles. The fourth-order valence-corrected chi connectivity index (χ4v) is 4.19. The lowest BCUT2D eigenvalue weighted by Crippen LogP contribution is -2.48. The van der Waals surface area contributed by atoms with Crippen LogP contribution in [0.4, 0.5) is 11.4 Å². The predicted molar refractivity (Wildman–Crippen MR) is 110 cm³/mol. The average molecular weight is 366 g/mol. The normalized spacial score (nSPS) is 18.6. The van der Waals surface area contributed by atoms with E-state index in [1.165, 1.54) is 11.3 Å². The third-order valence-corrected chi connectivity index (χ3v) is 5.50. The monoisotopic (exact) mass is 365 g/mol.